The van der Waals surface area contributed by atoms with Gasteiger partial charge in [-0.3, -0.25) is 4.99 Å². The van der Waals surface area contributed by atoms with Crippen molar-refractivity contribution >= 4 is 16.9 Å². The Balaban J connectivity index is 1.87. The van der Waals surface area contributed by atoms with Crippen LogP contribution in [0.4, 0.5) is 13.2 Å². The van der Waals surface area contributed by atoms with Gasteiger partial charge in [-0.25, -0.2) is 0 Å². The third-order valence-electron chi connectivity index (χ3n) is 2.27. The minimum Gasteiger partial charge on any atom is -0.356 e. The van der Waals surface area contributed by atoms with Gasteiger partial charge in [0, 0.05) is 0 Å². The molecule has 2 nitrogen and oxygen atoms in total. The molecule has 0 aromatic heterocycles. The summed E-state index contributed by atoms with van der Waals surface area (Å²) in [7, 11) is 0. The van der Waals surface area contributed by atoms with Crippen molar-refractivity contribution in [3.63, 3.8) is 0 Å². The van der Waals surface area contributed by atoms with Crippen LogP contribution in [-0.4, -0.2) is 24.4 Å². The van der Waals surface area contributed by atoms with Gasteiger partial charge >= 0.3 is 6.18 Å². The van der Waals surface area contributed by atoms with Gasteiger partial charge in [-0.2, -0.15) is 13.2 Å². The number of halogens is 3. The molecule has 6 heteroatoms. The van der Waals surface area contributed by atoms with Gasteiger partial charge in [-0.05, 0) is 5.56 Å². The van der Waals surface area contributed by atoms with Crippen LogP contribution in [0.15, 0.2) is 35.3 Å². The van der Waals surface area contributed by atoms with E-state index in [2.05, 4.69) is 10.3 Å². The quantitative estimate of drug-likeness (QED) is 0.884. The predicted molar refractivity (Wildman–Crippen MR) is 63.1 cm³/mol. The number of aliphatic imine (C=N–C) groups is 1. The van der Waals surface area contributed by atoms with E-state index in [0.717, 1.165) is 5.56 Å². The third-order valence-corrected chi connectivity index (χ3v) is 3.47. The van der Waals surface area contributed by atoms with E-state index in [0.29, 0.717) is 11.7 Å². The highest BCUT2D eigenvalue weighted by atomic mass is 32.2. The average molecular weight is 260 g/mol. The fourth-order valence-corrected chi connectivity index (χ4v) is 2.51. The van der Waals surface area contributed by atoms with Gasteiger partial charge in [0.05, 0.1) is 11.8 Å². The summed E-state index contributed by atoms with van der Waals surface area (Å²) in [5.74, 6) is 0. The van der Waals surface area contributed by atoms with Crippen LogP contribution >= 0.6 is 11.8 Å². The minimum absolute atomic E-state index is 0.118. The van der Waals surface area contributed by atoms with E-state index in [1.165, 1.54) is 11.8 Å². The van der Waals surface area contributed by atoms with Gasteiger partial charge in [0.25, 0.3) is 0 Å². The number of nitrogens with one attached hydrogen (secondary N) is 1. The van der Waals surface area contributed by atoms with E-state index in [4.69, 9.17) is 0 Å². The maximum absolute atomic E-state index is 12.0. The lowest BCUT2D eigenvalue weighted by molar-refractivity contribution is -0.121. The fraction of sp³-hybridized carbons (Fsp3) is 0.364. The van der Waals surface area contributed by atoms with Gasteiger partial charge in [0.15, 0.2) is 5.17 Å². The maximum Gasteiger partial charge on any atom is 0.405 e. The smallest absolute Gasteiger partial charge is 0.356 e. The van der Waals surface area contributed by atoms with Crippen LogP contribution in [0.5, 0.6) is 0 Å². The first kappa shape index (κ1) is 12.3. The molecule has 1 unspecified atom stereocenters. The van der Waals surface area contributed by atoms with E-state index in [1.54, 1.807) is 0 Å². The summed E-state index contributed by atoms with van der Waals surface area (Å²) in [5.41, 5.74) is 1.09. The molecule has 0 bridgehead atoms. The van der Waals surface area contributed by atoms with Crippen LogP contribution in [0.1, 0.15) is 10.8 Å². The van der Waals surface area contributed by atoms with Crippen molar-refractivity contribution in [2.24, 2.45) is 4.99 Å². The van der Waals surface area contributed by atoms with Crippen molar-refractivity contribution in [3.05, 3.63) is 35.9 Å². The zero-order valence-corrected chi connectivity index (χ0v) is 9.68. The summed E-state index contributed by atoms with van der Waals surface area (Å²) in [5, 5.41) is 2.80. The lowest BCUT2D eigenvalue weighted by Gasteiger charge is -2.10. The normalized spacial score (nSPS) is 20.2. The summed E-state index contributed by atoms with van der Waals surface area (Å²) in [6.45, 7) is -0.505. The van der Waals surface area contributed by atoms with Crippen molar-refractivity contribution in [2.75, 3.05) is 13.1 Å². The van der Waals surface area contributed by atoms with E-state index >= 15 is 0 Å². The first-order valence-corrected chi connectivity index (χ1v) is 5.99. The molecule has 1 atom stereocenters. The molecule has 0 radical (unpaired) electrons. The Morgan fingerprint density at radius 2 is 2.00 bits per heavy atom. The topological polar surface area (TPSA) is 24.4 Å². The lowest BCUT2D eigenvalue weighted by atomic mass is 10.1. The monoisotopic (exact) mass is 260 g/mol. The molecule has 17 heavy (non-hydrogen) atoms. The summed E-state index contributed by atoms with van der Waals surface area (Å²) < 4.78 is 36.0. The highest BCUT2D eigenvalue weighted by Crippen LogP contribution is 2.34. The fourth-order valence-electron chi connectivity index (χ4n) is 1.49. The number of benzene rings is 1. The molecule has 1 heterocycles. The standard InChI is InChI=1S/C11H11F3N2S/c12-11(13,14)7-16-10-15-6-9(17-10)8-4-2-1-3-5-8/h1-5,9H,6-7H2,(H,15,16). The second-order valence-electron chi connectivity index (χ2n) is 3.63. The Morgan fingerprint density at radius 1 is 1.29 bits per heavy atom. The second kappa shape index (κ2) is 5.00. The molecule has 0 aliphatic carbocycles. The largest absolute Gasteiger partial charge is 0.405 e. The number of thioether (sulfide) groups is 1. The van der Waals surface area contributed by atoms with Gasteiger partial charge in [-0.15, -0.1) is 0 Å². The molecule has 0 saturated heterocycles. The summed E-state index contributed by atoms with van der Waals surface area (Å²) in [6.07, 6.45) is -4.20. The SMILES string of the molecule is FC(F)(F)CNC1=NCC(c2ccccc2)S1. The number of hydrogen-bond acceptors (Lipinski definition) is 3. The molecule has 0 amide bonds. The molecule has 1 aromatic rings. The van der Waals surface area contributed by atoms with E-state index < -0.39 is 12.7 Å². The van der Waals surface area contributed by atoms with Crippen LogP contribution in [0.2, 0.25) is 0 Å². The third kappa shape index (κ3) is 3.66. The Morgan fingerprint density at radius 3 is 2.65 bits per heavy atom. The Labute approximate surface area is 101 Å². The molecule has 1 aliphatic heterocycles. The van der Waals surface area contributed by atoms with Crippen molar-refractivity contribution in [1.82, 2.24) is 5.32 Å². The molecule has 92 valence electrons. The minimum atomic E-state index is -4.20. The molecule has 1 aliphatic rings. The molecular weight excluding hydrogens is 249 g/mol. The Bertz CT molecular complexity index is 403. The molecule has 0 saturated carbocycles. The molecule has 2 rings (SSSR count). The maximum atomic E-state index is 12.0. The van der Waals surface area contributed by atoms with Gasteiger partial charge < -0.3 is 5.32 Å². The first-order chi connectivity index (χ1) is 8.04. The predicted octanol–water partition coefficient (Wildman–Crippen LogP) is 2.98. The zero-order chi connectivity index (χ0) is 12.3. The number of amidine groups is 1. The lowest BCUT2D eigenvalue weighted by Crippen LogP contribution is -2.31. The molecule has 1 N–H and O–H groups in total. The van der Waals surface area contributed by atoms with Crippen LogP contribution in [-0.2, 0) is 0 Å². The van der Waals surface area contributed by atoms with Gasteiger partial charge in [0.2, 0.25) is 0 Å². The number of rotatable bonds is 2. The number of hydrogen-bond donors (Lipinski definition) is 1. The van der Waals surface area contributed by atoms with Crippen LogP contribution < -0.4 is 5.32 Å². The van der Waals surface area contributed by atoms with Crippen molar-refractivity contribution < 1.29 is 13.2 Å². The van der Waals surface area contributed by atoms with Crippen molar-refractivity contribution in [2.45, 2.75) is 11.4 Å². The number of nitrogens with zero attached hydrogens (tertiary/aromatic N) is 1. The molecule has 1 aromatic carbocycles. The Kier molecular flexibility index (Phi) is 3.61. The molecule has 0 fully saturated rings. The summed E-state index contributed by atoms with van der Waals surface area (Å²) in [6, 6.07) is 9.65. The second-order valence-corrected chi connectivity index (χ2v) is 4.82. The van der Waals surface area contributed by atoms with Crippen LogP contribution in [0, 0.1) is 0 Å². The van der Waals surface area contributed by atoms with Crippen LogP contribution in [0.3, 0.4) is 0 Å². The molecule has 0 spiro atoms. The Hall–Kier alpha value is -1.17. The first-order valence-electron chi connectivity index (χ1n) is 5.11. The number of alkyl halides is 3. The van der Waals surface area contributed by atoms with E-state index in [1.807, 2.05) is 30.3 Å². The van der Waals surface area contributed by atoms with Gasteiger partial charge in [-0.1, -0.05) is 42.1 Å². The van der Waals surface area contributed by atoms with Crippen molar-refractivity contribution in [3.8, 4) is 0 Å². The van der Waals surface area contributed by atoms with Crippen molar-refractivity contribution in [1.29, 1.82) is 0 Å². The highest BCUT2D eigenvalue weighted by Gasteiger charge is 2.29. The zero-order valence-electron chi connectivity index (χ0n) is 8.87. The van der Waals surface area contributed by atoms with E-state index in [-0.39, 0.29) is 5.25 Å². The summed E-state index contributed by atoms with van der Waals surface area (Å²) in [4.78, 5) is 4.07. The molecular formula is C11H11F3N2S. The average Bonchev–Trinajstić information content (AvgIpc) is 2.75. The summed E-state index contributed by atoms with van der Waals surface area (Å²) >= 11 is 1.34. The van der Waals surface area contributed by atoms with Crippen LogP contribution in [0.25, 0.3) is 0 Å². The van der Waals surface area contributed by atoms with Gasteiger partial charge in [0.1, 0.15) is 6.54 Å². The highest BCUT2D eigenvalue weighted by molar-refractivity contribution is 8.14. The van der Waals surface area contributed by atoms with E-state index in [9.17, 15) is 13.2 Å².